The smallest absolute Gasteiger partial charge is 0.337 e. The molecule has 2 heterocycles. The number of amides is 2. The van der Waals surface area contributed by atoms with Gasteiger partial charge in [-0.2, -0.15) is 0 Å². The lowest BCUT2D eigenvalue weighted by atomic mass is 10.1. The summed E-state index contributed by atoms with van der Waals surface area (Å²) in [5.74, 6) is -1.38. The van der Waals surface area contributed by atoms with Gasteiger partial charge in [-0.1, -0.05) is 36.2 Å². The molecule has 1 aliphatic rings. The van der Waals surface area contributed by atoms with Gasteiger partial charge in [-0.25, -0.2) is 4.79 Å². The van der Waals surface area contributed by atoms with Crippen LogP contribution < -0.4 is 0 Å². The fourth-order valence-corrected chi connectivity index (χ4v) is 2.67. The van der Waals surface area contributed by atoms with Gasteiger partial charge < -0.3 is 9.36 Å². The number of nitrogens with zero attached hydrogens (tertiary/aromatic N) is 2. The molecular weight excluding hydrogens is 312 g/mol. The summed E-state index contributed by atoms with van der Waals surface area (Å²) in [6.07, 6.45) is 1.09. The van der Waals surface area contributed by atoms with Crippen molar-refractivity contribution in [3.05, 3.63) is 52.4 Å². The average Bonchev–Trinajstić information content (AvgIpc) is 3.09. The zero-order chi connectivity index (χ0) is 17.3. The Morgan fingerprint density at radius 3 is 2.29 bits per heavy atom. The Balaban J connectivity index is 1.76. The normalized spacial score (nSPS) is 13.3. The van der Waals surface area contributed by atoms with Crippen molar-refractivity contribution in [3.8, 4) is 0 Å². The maximum absolute atomic E-state index is 12.2. The number of rotatable bonds is 5. The topological polar surface area (TPSA) is 89.7 Å². The SMILES string of the molecule is CCc1noc(CC)c1CC(=O)ON1C(=O)c2ccccc2C1=O. The molecule has 0 atom stereocenters. The molecule has 0 bridgehead atoms. The van der Waals surface area contributed by atoms with E-state index in [2.05, 4.69) is 5.16 Å². The fraction of sp³-hybridized carbons (Fsp3) is 0.294. The first-order valence-corrected chi connectivity index (χ1v) is 7.71. The Bertz CT molecular complexity index is 768. The van der Waals surface area contributed by atoms with Crippen LogP contribution >= 0.6 is 0 Å². The number of aromatic nitrogens is 1. The van der Waals surface area contributed by atoms with Gasteiger partial charge in [0.1, 0.15) is 5.76 Å². The van der Waals surface area contributed by atoms with Crippen molar-refractivity contribution in [2.24, 2.45) is 0 Å². The van der Waals surface area contributed by atoms with Crippen LogP contribution in [-0.4, -0.2) is 28.0 Å². The van der Waals surface area contributed by atoms with E-state index in [1.54, 1.807) is 12.1 Å². The molecule has 7 nitrogen and oxygen atoms in total. The minimum absolute atomic E-state index is 0.108. The van der Waals surface area contributed by atoms with Gasteiger partial charge in [-0.3, -0.25) is 9.59 Å². The third-order valence-electron chi connectivity index (χ3n) is 3.88. The predicted molar refractivity (Wildman–Crippen MR) is 82.0 cm³/mol. The average molecular weight is 328 g/mol. The minimum Gasteiger partial charge on any atom is -0.361 e. The summed E-state index contributed by atoms with van der Waals surface area (Å²) in [5.41, 5.74) is 1.78. The maximum Gasteiger partial charge on any atom is 0.337 e. The largest absolute Gasteiger partial charge is 0.361 e. The second kappa shape index (κ2) is 6.27. The van der Waals surface area contributed by atoms with Crippen LogP contribution in [-0.2, 0) is 28.9 Å². The number of hydroxylamine groups is 2. The van der Waals surface area contributed by atoms with Crippen LogP contribution in [0.4, 0.5) is 0 Å². The van der Waals surface area contributed by atoms with E-state index in [0.717, 1.165) is 0 Å². The van der Waals surface area contributed by atoms with Crippen molar-refractivity contribution in [1.29, 1.82) is 0 Å². The molecule has 0 unspecified atom stereocenters. The van der Waals surface area contributed by atoms with Crippen LogP contribution in [0, 0.1) is 0 Å². The molecule has 3 rings (SSSR count). The van der Waals surface area contributed by atoms with Gasteiger partial charge >= 0.3 is 5.97 Å². The van der Waals surface area contributed by atoms with Crippen LogP contribution in [0.25, 0.3) is 0 Å². The van der Waals surface area contributed by atoms with Crippen LogP contribution in [0.1, 0.15) is 51.6 Å². The monoisotopic (exact) mass is 328 g/mol. The lowest BCUT2D eigenvalue weighted by molar-refractivity contribution is -0.167. The Labute approximate surface area is 138 Å². The number of fused-ring (bicyclic) bond motifs is 1. The number of aryl methyl sites for hydroxylation is 2. The van der Waals surface area contributed by atoms with Crippen molar-refractivity contribution in [2.45, 2.75) is 33.1 Å². The molecule has 24 heavy (non-hydrogen) atoms. The number of hydrogen-bond donors (Lipinski definition) is 0. The molecule has 2 amide bonds. The van der Waals surface area contributed by atoms with E-state index >= 15 is 0 Å². The standard InChI is InChI=1S/C17H16N2O5/c1-3-13-12(14(4-2)23-18-13)9-15(20)24-19-16(21)10-7-5-6-8-11(10)17(19)22/h5-8H,3-4,9H2,1-2H3. The molecule has 1 aromatic carbocycles. The highest BCUT2D eigenvalue weighted by Crippen LogP contribution is 2.23. The maximum atomic E-state index is 12.2. The molecule has 0 N–H and O–H groups in total. The Morgan fingerprint density at radius 1 is 1.12 bits per heavy atom. The number of carbonyl (C=O) groups is 3. The van der Waals surface area contributed by atoms with Crippen molar-refractivity contribution in [2.75, 3.05) is 0 Å². The van der Waals surface area contributed by atoms with E-state index in [-0.39, 0.29) is 17.5 Å². The first-order chi connectivity index (χ1) is 11.6. The molecule has 0 spiro atoms. The van der Waals surface area contributed by atoms with E-state index in [9.17, 15) is 14.4 Å². The zero-order valence-electron chi connectivity index (χ0n) is 13.4. The zero-order valence-corrected chi connectivity index (χ0v) is 13.4. The van der Waals surface area contributed by atoms with Crippen molar-refractivity contribution < 1.29 is 23.7 Å². The Morgan fingerprint density at radius 2 is 1.75 bits per heavy atom. The van der Waals surface area contributed by atoms with Crippen LogP contribution in [0.15, 0.2) is 28.8 Å². The first kappa shape index (κ1) is 15.9. The molecule has 124 valence electrons. The molecule has 0 saturated carbocycles. The quantitative estimate of drug-likeness (QED) is 0.781. The highest BCUT2D eigenvalue weighted by atomic mass is 16.7. The van der Waals surface area contributed by atoms with Gasteiger partial charge in [0.15, 0.2) is 0 Å². The molecule has 1 aliphatic heterocycles. The van der Waals surface area contributed by atoms with Crippen LogP contribution in [0.3, 0.4) is 0 Å². The highest BCUT2D eigenvalue weighted by Gasteiger charge is 2.38. The third kappa shape index (κ3) is 2.58. The summed E-state index contributed by atoms with van der Waals surface area (Å²) in [5, 5.41) is 4.43. The molecule has 1 aromatic heterocycles. The lowest BCUT2D eigenvalue weighted by Gasteiger charge is -2.12. The molecule has 0 radical (unpaired) electrons. The summed E-state index contributed by atoms with van der Waals surface area (Å²) >= 11 is 0. The number of hydrogen-bond acceptors (Lipinski definition) is 6. The fourth-order valence-electron chi connectivity index (χ4n) is 2.67. The van der Waals surface area contributed by atoms with E-state index in [4.69, 9.17) is 9.36 Å². The second-order valence-corrected chi connectivity index (χ2v) is 5.33. The molecular formula is C17H16N2O5. The molecule has 0 saturated heterocycles. The summed E-state index contributed by atoms with van der Waals surface area (Å²) in [6.45, 7) is 3.79. The van der Waals surface area contributed by atoms with Gasteiger partial charge in [0.05, 0.1) is 23.2 Å². The van der Waals surface area contributed by atoms with Gasteiger partial charge in [0, 0.05) is 12.0 Å². The van der Waals surface area contributed by atoms with Crippen LogP contribution in [0.5, 0.6) is 0 Å². The summed E-state index contributed by atoms with van der Waals surface area (Å²) < 4.78 is 5.19. The summed E-state index contributed by atoms with van der Waals surface area (Å²) in [6, 6.07) is 6.34. The van der Waals surface area contributed by atoms with E-state index < -0.39 is 17.8 Å². The van der Waals surface area contributed by atoms with Crippen molar-refractivity contribution in [3.63, 3.8) is 0 Å². The van der Waals surface area contributed by atoms with Gasteiger partial charge in [-0.05, 0) is 18.6 Å². The third-order valence-corrected chi connectivity index (χ3v) is 3.88. The molecule has 7 heteroatoms. The van der Waals surface area contributed by atoms with Crippen molar-refractivity contribution >= 4 is 17.8 Å². The minimum atomic E-state index is -0.711. The number of carbonyl (C=O) groups excluding carboxylic acids is 3. The summed E-state index contributed by atoms with van der Waals surface area (Å²) in [7, 11) is 0. The molecule has 2 aromatic rings. The van der Waals surface area contributed by atoms with E-state index in [1.165, 1.54) is 12.1 Å². The highest BCUT2D eigenvalue weighted by molar-refractivity contribution is 6.20. The van der Waals surface area contributed by atoms with Crippen molar-refractivity contribution in [1.82, 2.24) is 10.2 Å². The van der Waals surface area contributed by atoms with Crippen LogP contribution in [0.2, 0.25) is 0 Å². The first-order valence-electron chi connectivity index (χ1n) is 7.71. The molecule has 0 fully saturated rings. The van der Waals surface area contributed by atoms with Gasteiger partial charge in [0.2, 0.25) is 0 Å². The Kier molecular flexibility index (Phi) is 4.16. The predicted octanol–water partition coefficient (Wildman–Crippen LogP) is 2.10. The molecule has 0 aliphatic carbocycles. The second-order valence-electron chi connectivity index (χ2n) is 5.33. The lowest BCUT2D eigenvalue weighted by Crippen LogP contribution is -2.33. The summed E-state index contributed by atoms with van der Waals surface area (Å²) in [4.78, 5) is 41.6. The van der Waals surface area contributed by atoms with Gasteiger partial charge in [-0.15, -0.1) is 0 Å². The van der Waals surface area contributed by atoms with E-state index in [1.807, 2.05) is 13.8 Å². The van der Waals surface area contributed by atoms with E-state index in [0.29, 0.717) is 34.9 Å². The number of imide groups is 1. The van der Waals surface area contributed by atoms with Gasteiger partial charge in [0.25, 0.3) is 11.8 Å². The Hall–Kier alpha value is -2.96. The number of benzene rings is 1.